The second kappa shape index (κ2) is 11.4. The van der Waals surface area contributed by atoms with Crippen LogP contribution in [0.4, 0.5) is 16.2 Å². The molecule has 10 heteroatoms. The van der Waals surface area contributed by atoms with Gasteiger partial charge in [0.05, 0.1) is 16.3 Å². The lowest BCUT2D eigenvalue weighted by Crippen LogP contribution is -2.48. The zero-order valence-electron chi connectivity index (χ0n) is 21.6. The van der Waals surface area contributed by atoms with Crippen LogP contribution in [0.2, 0.25) is 5.02 Å². The number of hydrazone groups is 1. The molecule has 1 saturated heterocycles. The molecule has 2 aromatic carbocycles. The molecule has 2 aromatic rings. The molecule has 38 heavy (non-hydrogen) atoms. The summed E-state index contributed by atoms with van der Waals surface area (Å²) in [5.41, 5.74) is 2.87. The van der Waals surface area contributed by atoms with Crippen LogP contribution in [-0.4, -0.2) is 72.6 Å². The Balaban J connectivity index is 1.30. The first-order valence-electron chi connectivity index (χ1n) is 13.2. The van der Waals surface area contributed by atoms with Gasteiger partial charge in [-0.25, -0.2) is 4.79 Å². The van der Waals surface area contributed by atoms with Crippen LogP contribution >= 0.6 is 11.6 Å². The average molecular weight is 537 g/mol. The van der Waals surface area contributed by atoms with E-state index < -0.39 is 0 Å². The van der Waals surface area contributed by atoms with Crippen molar-refractivity contribution in [2.45, 2.75) is 45.2 Å². The summed E-state index contributed by atoms with van der Waals surface area (Å²) in [5.74, 6) is -0.141. The van der Waals surface area contributed by atoms with Crippen molar-refractivity contribution in [2.75, 3.05) is 42.6 Å². The summed E-state index contributed by atoms with van der Waals surface area (Å²) < 4.78 is 0. The minimum atomic E-state index is -0.266. The molecule has 1 atom stereocenters. The highest BCUT2D eigenvalue weighted by Crippen LogP contribution is 2.32. The van der Waals surface area contributed by atoms with E-state index in [4.69, 9.17) is 11.6 Å². The van der Waals surface area contributed by atoms with E-state index in [0.717, 1.165) is 55.8 Å². The van der Waals surface area contributed by atoms with Gasteiger partial charge in [-0.15, -0.1) is 0 Å². The number of para-hydroxylation sites is 1. The van der Waals surface area contributed by atoms with Crippen LogP contribution in [-0.2, 0) is 11.3 Å². The molecule has 0 aromatic heterocycles. The molecule has 0 saturated carbocycles. The van der Waals surface area contributed by atoms with Gasteiger partial charge in [-0.3, -0.25) is 14.6 Å². The van der Waals surface area contributed by atoms with Crippen LogP contribution in [0.1, 0.15) is 48.5 Å². The monoisotopic (exact) mass is 536 g/mol. The number of hydrogen-bond acceptors (Lipinski definition) is 5. The summed E-state index contributed by atoms with van der Waals surface area (Å²) >= 11 is 6.60. The number of likely N-dealkylation sites (tertiary alicyclic amines) is 1. The molecule has 1 N–H and O–H groups in total. The molecule has 4 amide bonds. The third-order valence-corrected chi connectivity index (χ3v) is 7.67. The molecule has 3 heterocycles. The summed E-state index contributed by atoms with van der Waals surface area (Å²) in [5, 5.41) is 9.46. The van der Waals surface area contributed by atoms with Crippen LogP contribution < -0.4 is 15.2 Å². The molecule has 0 bridgehead atoms. The fraction of sp³-hybridized carbons (Fsp3) is 0.429. The number of amides is 4. The summed E-state index contributed by atoms with van der Waals surface area (Å²) in [6.07, 6.45) is 5.10. The van der Waals surface area contributed by atoms with Gasteiger partial charge in [-0.05, 0) is 49.6 Å². The number of carbonyl (C=O) groups excluding carboxylic acids is 3. The Bertz CT molecular complexity index is 1240. The zero-order chi connectivity index (χ0) is 26.6. The minimum absolute atomic E-state index is 0.0771. The lowest BCUT2D eigenvalue weighted by atomic mass is 10.1. The molecule has 5 rings (SSSR count). The normalized spacial score (nSPS) is 18.9. The molecule has 9 nitrogen and oxygen atoms in total. The maximum atomic E-state index is 13.8. The van der Waals surface area contributed by atoms with E-state index in [1.807, 2.05) is 53.4 Å². The molecule has 1 fully saturated rings. The molecular formula is C28H33ClN6O3. The number of urea groups is 1. The predicted molar refractivity (Wildman–Crippen MR) is 149 cm³/mol. The molecule has 0 unspecified atom stereocenters. The third kappa shape index (κ3) is 5.48. The van der Waals surface area contributed by atoms with Crippen LogP contribution in [0.3, 0.4) is 0 Å². The molecule has 3 aliphatic rings. The Labute approximate surface area is 228 Å². The first-order chi connectivity index (χ1) is 18.4. The third-order valence-electron chi connectivity index (χ3n) is 7.35. The lowest BCUT2D eigenvalue weighted by molar-refractivity contribution is -0.129. The van der Waals surface area contributed by atoms with E-state index in [1.54, 1.807) is 21.9 Å². The Morgan fingerprint density at radius 1 is 1.08 bits per heavy atom. The van der Waals surface area contributed by atoms with E-state index in [0.29, 0.717) is 23.7 Å². The van der Waals surface area contributed by atoms with Crippen molar-refractivity contribution >= 4 is 47.0 Å². The number of rotatable bonds is 5. The molecular weight excluding hydrogens is 504 g/mol. The first kappa shape index (κ1) is 26.0. The van der Waals surface area contributed by atoms with Gasteiger partial charge >= 0.3 is 6.03 Å². The van der Waals surface area contributed by atoms with E-state index >= 15 is 0 Å². The Hall–Kier alpha value is -3.59. The summed E-state index contributed by atoms with van der Waals surface area (Å²) in [6, 6.07) is 12.5. The van der Waals surface area contributed by atoms with Crippen molar-refractivity contribution in [2.24, 2.45) is 5.10 Å². The fourth-order valence-electron chi connectivity index (χ4n) is 5.25. The predicted octanol–water partition coefficient (Wildman–Crippen LogP) is 4.11. The Morgan fingerprint density at radius 2 is 1.87 bits per heavy atom. The van der Waals surface area contributed by atoms with Crippen LogP contribution in [0, 0.1) is 0 Å². The lowest BCUT2D eigenvalue weighted by Gasteiger charge is -2.29. The van der Waals surface area contributed by atoms with Crippen molar-refractivity contribution in [3.05, 3.63) is 58.6 Å². The highest BCUT2D eigenvalue weighted by atomic mass is 35.5. The second-order valence-electron chi connectivity index (χ2n) is 9.97. The van der Waals surface area contributed by atoms with Gasteiger partial charge in [0, 0.05) is 70.1 Å². The quantitative estimate of drug-likeness (QED) is 0.623. The van der Waals surface area contributed by atoms with Gasteiger partial charge < -0.3 is 20.0 Å². The van der Waals surface area contributed by atoms with Gasteiger partial charge in [-0.1, -0.05) is 29.8 Å². The number of hydrogen-bond donors (Lipinski definition) is 1. The highest BCUT2D eigenvalue weighted by molar-refractivity contribution is 6.35. The van der Waals surface area contributed by atoms with Gasteiger partial charge in [-0.2, -0.15) is 5.10 Å². The molecule has 0 spiro atoms. The largest absolute Gasteiger partial charge is 0.343 e. The van der Waals surface area contributed by atoms with Gasteiger partial charge in [0.25, 0.3) is 5.91 Å². The number of nitrogens with zero attached hydrogens (tertiary/aromatic N) is 5. The number of nitrogens with one attached hydrogen (secondary N) is 1. The summed E-state index contributed by atoms with van der Waals surface area (Å²) in [4.78, 5) is 44.6. The number of carbonyl (C=O) groups is 3. The van der Waals surface area contributed by atoms with Gasteiger partial charge in [0.1, 0.15) is 0 Å². The van der Waals surface area contributed by atoms with Gasteiger partial charge in [0.15, 0.2) is 0 Å². The van der Waals surface area contributed by atoms with Gasteiger partial charge in [0.2, 0.25) is 5.91 Å². The second-order valence-corrected chi connectivity index (χ2v) is 10.4. The minimum Gasteiger partial charge on any atom is -0.343 e. The number of fused-ring (bicyclic) bond motifs is 1. The maximum absolute atomic E-state index is 13.8. The van der Waals surface area contributed by atoms with Crippen LogP contribution in [0.15, 0.2) is 47.6 Å². The highest BCUT2D eigenvalue weighted by Gasteiger charge is 2.32. The molecule has 0 radical (unpaired) electrons. The summed E-state index contributed by atoms with van der Waals surface area (Å²) in [6.45, 7) is 5.26. The SMILES string of the molecule is C[C@@H]1CN(C(=O)c2ccc(N3CCC=N3)cc2Cl)c2ccccc2CN1C(=O)NCCC(=O)N1CCCC1. The maximum Gasteiger partial charge on any atom is 0.318 e. The summed E-state index contributed by atoms with van der Waals surface area (Å²) in [7, 11) is 0. The topological polar surface area (TPSA) is 88.6 Å². The Morgan fingerprint density at radius 3 is 2.61 bits per heavy atom. The zero-order valence-corrected chi connectivity index (χ0v) is 22.4. The van der Waals surface area contributed by atoms with Crippen molar-refractivity contribution in [1.29, 1.82) is 0 Å². The molecule has 0 aliphatic carbocycles. The smallest absolute Gasteiger partial charge is 0.318 e. The fourth-order valence-corrected chi connectivity index (χ4v) is 5.50. The first-order valence-corrected chi connectivity index (χ1v) is 13.6. The van der Waals surface area contributed by atoms with E-state index in [-0.39, 0.29) is 36.9 Å². The van der Waals surface area contributed by atoms with Crippen LogP contribution in [0.5, 0.6) is 0 Å². The van der Waals surface area contributed by atoms with Crippen molar-refractivity contribution < 1.29 is 14.4 Å². The van der Waals surface area contributed by atoms with E-state index in [2.05, 4.69) is 10.4 Å². The van der Waals surface area contributed by atoms with E-state index in [9.17, 15) is 14.4 Å². The standard InChI is InChI=1S/C28H33ClN6O3/c1-20-18-34(27(37)23-10-9-22(17-24(23)29)35-16-6-12-31-35)25-8-3-2-7-21(25)19-33(20)28(38)30-13-11-26(36)32-14-4-5-15-32/h2-3,7-10,12,17,20H,4-6,11,13-16,18-19H2,1H3,(H,30,38)/t20-/m1/s1. The number of benzene rings is 2. The van der Waals surface area contributed by atoms with Crippen molar-refractivity contribution in [1.82, 2.24) is 15.1 Å². The average Bonchev–Trinajstić information content (AvgIpc) is 3.63. The van der Waals surface area contributed by atoms with E-state index in [1.165, 1.54) is 0 Å². The molecule has 200 valence electrons. The molecule has 3 aliphatic heterocycles. The van der Waals surface area contributed by atoms with Crippen LogP contribution in [0.25, 0.3) is 0 Å². The number of halogens is 1. The van der Waals surface area contributed by atoms with Crippen molar-refractivity contribution in [3.8, 4) is 0 Å². The van der Waals surface area contributed by atoms with Crippen molar-refractivity contribution in [3.63, 3.8) is 0 Å². The number of anilines is 2. The Kier molecular flexibility index (Phi) is 7.83.